The summed E-state index contributed by atoms with van der Waals surface area (Å²) in [5.41, 5.74) is 0.0201. The topological polar surface area (TPSA) is 92.5 Å². The monoisotopic (exact) mass is 399 g/mol. The molecular formula is C12H14BrN7O2S. The van der Waals surface area contributed by atoms with E-state index in [1.54, 1.807) is 17.9 Å². The summed E-state index contributed by atoms with van der Waals surface area (Å²) in [5, 5.41) is 8.63. The molecule has 3 heterocycles. The van der Waals surface area contributed by atoms with Crippen molar-refractivity contribution in [1.29, 1.82) is 0 Å². The summed E-state index contributed by atoms with van der Waals surface area (Å²) in [6, 6.07) is 0. The second-order valence-corrected chi connectivity index (χ2v) is 6.75. The van der Waals surface area contributed by atoms with Gasteiger partial charge in [-0.3, -0.25) is 13.9 Å². The first-order chi connectivity index (χ1) is 10.9. The molecule has 122 valence electrons. The van der Waals surface area contributed by atoms with Gasteiger partial charge in [0, 0.05) is 33.4 Å². The fourth-order valence-electron chi connectivity index (χ4n) is 2.26. The summed E-state index contributed by atoms with van der Waals surface area (Å²) >= 11 is 4.90. The van der Waals surface area contributed by atoms with Crippen molar-refractivity contribution in [3.05, 3.63) is 31.9 Å². The molecule has 3 aromatic heterocycles. The number of halogens is 1. The van der Waals surface area contributed by atoms with E-state index in [0.29, 0.717) is 28.2 Å². The lowest BCUT2D eigenvalue weighted by atomic mass is 10.5. The van der Waals surface area contributed by atoms with Crippen LogP contribution >= 0.6 is 27.7 Å². The summed E-state index contributed by atoms with van der Waals surface area (Å²) in [7, 11) is 4.93. The molecule has 11 heteroatoms. The number of nitrogens with zero attached hydrogens (tertiary/aromatic N) is 7. The summed E-state index contributed by atoms with van der Waals surface area (Å²) in [4.78, 5) is 28.7. The van der Waals surface area contributed by atoms with E-state index in [1.165, 1.54) is 23.4 Å². The van der Waals surface area contributed by atoms with Gasteiger partial charge in [-0.15, -0.1) is 10.2 Å². The summed E-state index contributed by atoms with van der Waals surface area (Å²) in [5.74, 6) is 0.683. The van der Waals surface area contributed by atoms with Gasteiger partial charge in [0.05, 0.1) is 0 Å². The Morgan fingerprint density at radius 3 is 2.61 bits per heavy atom. The molecule has 0 aliphatic carbocycles. The molecule has 3 aromatic rings. The maximum Gasteiger partial charge on any atom is 0.332 e. The van der Waals surface area contributed by atoms with Crippen molar-refractivity contribution in [2.24, 2.45) is 21.1 Å². The second-order valence-electron chi connectivity index (χ2n) is 4.98. The third-order valence-corrected chi connectivity index (χ3v) is 5.14. The predicted octanol–water partition coefficient (Wildman–Crippen LogP) is 0.117. The number of fused-ring (bicyclic) bond motifs is 1. The van der Waals surface area contributed by atoms with Gasteiger partial charge < -0.3 is 9.13 Å². The van der Waals surface area contributed by atoms with Gasteiger partial charge in [0.15, 0.2) is 21.1 Å². The third kappa shape index (κ3) is 2.63. The lowest BCUT2D eigenvalue weighted by Crippen LogP contribution is -2.37. The standard InChI is InChI=1S/C12H14BrN7O2S/c1-17-6-14-16-11(17)23-5-4-20-7-8(15-10(20)13)18(2)12(22)19(3)9(7)21/h6H,4-5H2,1-3H3. The molecule has 0 aliphatic rings. The van der Waals surface area contributed by atoms with Crippen LogP contribution in [0.1, 0.15) is 0 Å². The number of rotatable bonds is 4. The molecule has 0 aromatic carbocycles. The molecule has 9 nitrogen and oxygen atoms in total. The van der Waals surface area contributed by atoms with E-state index in [2.05, 4.69) is 31.1 Å². The Hall–Kier alpha value is -1.88. The number of hydrogen-bond donors (Lipinski definition) is 0. The summed E-state index contributed by atoms with van der Waals surface area (Å²) < 4.78 is 6.57. The zero-order valence-electron chi connectivity index (χ0n) is 12.7. The van der Waals surface area contributed by atoms with E-state index in [0.717, 1.165) is 9.72 Å². The largest absolute Gasteiger partial charge is 0.332 e. The first-order valence-electron chi connectivity index (χ1n) is 6.70. The first-order valence-corrected chi connectivity index (χ1v) is 8.48. The van der Waals surface area contributed by atoms with E-state index in [4.69, 9.17) is 0 Å². The fraction of sp³-hybridized carbons (Fsp3) is 0.417. The zero-order valence-corrected chi connectivity index (χ0v) is 15.1. The smallest absolute Gasteiger partial charge is 0.312 e. The molecule has 0 saturated carbocycles. The van der Waals surface area contributed by atoms with Crippen LogP contribution in [0.3, 0.4) is 0 Å². The molecule has 0 radical (unpaired) electrons. The highest BCUT2D eigenvalue weighted by Crippen LogP contribution is 2.19. The summed E-state index contributed by atoms with van der Waals surface area (Å²) in [6.07, 6.45) is 1.64. The summed E-state index contributed by atoms with van der Waals surface area (Å²) in [6.45, 7) is 0.544. The average Bonchev–Trinajstić information content (AvgIpc) is 3.07. The highest BCUT2D eigenvalue weighted by molar-refractivity contribution is 9.10. The molecule has 0 fully saturated rings. The molecule has 23 heavy (non-hydrogen) atoms. The van der Waals surface area contributed by atoms with Crippen molar-refractivity contribution in [2.75, 3.05) is 5.75 Å². The molecule has 0 spiro atoms. The molecule has 0 amide bonds. The van der Waals surface area contributed by atoms with E-state index in [-0.39, 0.29) is 5.56 Å². The lowest BCUT2D eigenvalue weighted by Gasteiger charge is -2.07. The number of imidazole rings is 1. The predicted molar refractivity (Wildman–Crippen MR) is 89.6 cm³/mol. The van der Waals surface area contributed by atoms with Crippen LogP contribution in [0.25, 0.3) is 11.2 Å². The number of thioether (sulfide) groups is 1. The van der Waals surface area contributed by atoms with Crippen LogP contribution in [0.4, 0.5) is 0 Å². The van der Waals surface area contributed by atoms with Crippen molar-refractivity contribution in [3.8, 4) is 0 Å². The minimum absolute atomic E-state index is 0.357. The van der Waals surface area contributed by atoms with E-state index in [9.17, 15) is 9.59 Å². The van der Waals surface area contributed by atoms with Crippen molar-refractivity contribution in [2.45, 2.75) is 11.7 Å². The fourth-order valence-corrected chi connectivity index (χ4v) is 3.59. The number of aromatic nitrogens is 7. The maximum atomic E-state index is 12.4. The van der Waals surface area contributed by atoms with E-state index < -0.39 is 5.69 Å². The van der Waals surface area contributed by atoms with Gasteiger partial charge in [0.2, 0.25) is 0 Å². The zero-order chi connectivity index (χ0) is 16.7. The SMILES string of the molecule is Cn1cnnc1SCCn1c(Br)nc2c1c(=O)n(C)c(=O)n2C. The van der Waals surface area contributed by atoms with Crippen LogP contribution in [0.2, 0.25) is 0 Å². The quantitative estimate of drug-likeness (QED) is 0.456. The highest BCUT2D eigenvalue weighted by atomic mass is 79.9. The van der Waals surface area contributed by atoms with E-state index >= 15 is 0 Å². The van der Waals surface area contributed by atoms with Gasteiger partial charge in [0.1, 0.15) is 6.33 Å². The molecule has 0 aliphatic heterocycles. The van der Waals surface area contributed by atoms with Gasteiger partial charge >= 0.3 is 5.69 Å². The molecular weight excluding hydrogens is 386 g/mol. The van der Waals surface area contributed by atoms with Gasteiger partial charge in [-0.25, -0.2) is 9.78 Å². The highest BCUT2D eigenvalue weighted by Gasteiger charge is 2.17. The lowest BCUT2D eigenvalue weighted by molar-refractivity contribution is 0.699. The molecule has 0 bridgehead atoms. The second kappa shape index (κ2) is 5.96. The van der Waals surface area contributed by atoms with Crippen LogP contribution in [0.5, 0.6) is 0 Å². The van der Waals surface area contributed by atoms with Crippen molar-refractivity contribution >= 4 is 38.9 Å². The van der Waals surface area contributed by atoms with Gasteiger partial charge in [-0.1, -0.05) is 11.8 Å². The Bertz CT molecular complexity index is 999. The molecule has 0 saturated heterocycles. The molecule has 3 rings (SSSR count). The van der Waals surface area contributed by atoms with Crippen molar-refractivity contribution < 1.29 is 0 Å². The Balaban J connectivity index is 1.98. The Kier molecular flexibility index (Phi) is 4.15. The van der Waals surface area contributed by atoms with Crippen LogP contribution in [0.15, 0.2) is 25.8 Å². The molecule has 0 atom stereocenters. The van der Waals surface area contributed by atoms with E-state index in [1.807, 2.05) is 11.6 Å². The first kappa shape index (κ1) is 16.0. The minimum atomic E-state index is -0.395. The van der Waals surface area contributed by atoms with Gasteiger partial charge in [-0.05, 0) is 15.9 Å². The third-order valence-electron chi connectivity index (χ3n) is 3.52. The average molecular weight is 400 g/mol. The van der Waals surface area contributed by atoms with Crippen LogP contribution in [0, 0.1) is 0 Å². The normalized spacial score (nSPS) is 11.5. The minimum Gasteiger partial charge on any atom is -0.312 e. The number of aryl methyl sites for hydroxylation is 3. The number of hydrogen-bond acceptors (Lipinski definition) is 6. The van der Waals surface area contributed by atoms with Crippen LogP contribution in [-0.2, 0) is 27.7 Å². The Morgan fingerprint density at radius 1 is 1.22 bits per heavy atom. The molecule has 0 N–H and O–H groups in total. The molecule has 0 unspecified atom stereocenters. The van der Waals surface area contributed by atoms with Crippen molar-refractivity contribution in [1.82, 2.24) is 33.4 Å². The van der Waals surface area contributed by atoms with Gasteiger partial charge in [0.25, 0.3) is 5.56 Å². The van der Waals surface area contributed by atoms with Crippen LogP contribution < -0.4 is 11.2 Å². The van der Waals surface area contributed by atoms with Crippen molar-refractivity contribution in [3.63, 3.8) is 0 Å². The van der Waals surface area contributed by atoms with Crippen LogP contribution in [-0.4, -0.2) is 39.2 Å². The Labute approximate surface area is 143 Å². The van der Waals surface area contributed by atoms with Gasteiger partial charge in [-0.2, -0.15) is 0 Å². The Morgan fingerprint density at radius 2 is 1.96 bits per heavy atom. The maximum absolute atomic E-state index is 12.4.